The first-order valence-electron chi connectivity index (χ1n) is 14.9. The molecule has 1 N–H and O–H groups in total. The van der Waals surface area contributed by atoms with E-state index < -0.39 is 16.1 Å². The Kier molecular flexibility index (Phi) is 8.84. The molecule has 1 amide bonds. The molecule has 1 aliphatic heterocycles. The maximum atomic E-state index is 14.3. The van der Waals surface area contributed by atoms with Crippen LogP contribution in [0, 0.1) is 19.3 Å². The van der Waals surface area contributed by atoms with E-state index in [-0.39, 0.29) is 46.8 Å². The highest BCUT2D eigenvalue weighted by Gasteiger charge is 2.32. The van der Waals surface area contributed by atoms with Crippen LogP contribution in [0.1, 0.15) is 54.4 Å². The first-order chi connectivity index (χ1) is 21.2. The number of amides is 1. The highest BCUT2D eigenvalue weighted by Crippen LogP contribution is 2.31. The predicted molar refractivity (Wildman–Crippen MR) is 176 cm³/mol. The van der Waals surface area contributed by atoms with Crippen molar-refractivity contribution in [2.75, 3.05) is 30.3 Å². The summed E-state index contributed by atoms with van der Waals surface area (Å²) < 4.78 is 36.1. The predicted octanol–water partition coefficient (Wildman–Crippen LogP) is 5.86. The van der Waals surface area contributed by atoms with Gasteiger partial charge in [0.1, 0.15) is 12.4 Å². The molecule has 10 nitrogen and oxygen atoms in total. The van der Waals surface area contributed by atoms with Crippen LogP contribution in [-0.2, 0) is 16.6 Å². The highest BCUT2D eigenvalue weighted by molar-refractivity contribution is 7.92. The fourth-order valence-corrected chi connectivity index (χ4v) is 6.51. The monoisotopic (exact) mass is 628 g/mol. The van der Waals surface area contributed by atoms with E-state index in [9.17, 15) is 13.2 Å². The number of fused-ring (bicyclic) bond motifs is 4. The molecule has 0 radical (unpaired) electrons. The molecule has 4 bridgehead atoms. The van der Waals surface area contributed by atoms with Crippen LogP contribution in [0.25, 0.3) is 11.3 Å². The zero-order valence-corrected chi connectivity index (χ0v) is 27.6. The van der Waals surface area contributed by atoms with Crippen molar-refractivity contribution in [3.05, 3.63) is 89.1 Å². The van der Waals surface area contributed by atoms with Gasteiger partial charge in [0.15, 0.2) is 0 Å². The second-order valence-corrected chi connectivity index (χ2v) is 14.5. The number of aromatic nitrogens is 3. The zero-order chi connectivity index (χ0) is 32.5. The van der Waals surface area contributed by atoms with Gasteiger partial charge >= 0.3 is 0 Å². The Labute approximate surface area is 265 Å². The molecule has 3 heterocycles. The maximum absolute atomic E-state index is 14.3. The first-order valence-corrected chi connectivity index (χ1v) is 16.3. The number of nitrogens with zero attached hydrogens (tertiary/aromatic N) is 5. The largest absolute Gasteiger partial charge is 0.475 e. The topological polar surface area (TPSA) is 118 Å². The van der Waals surface area contributed by atoms with E-state index in [2.05, 4.69) is 35.5 Å². The Balaban J connectivity index is 1.68. The van der Waals surface area contributed by atoms with Gasteiger partial charge in [0.25, 0.3) is 15.9 Å². The molecule has 1 atom stereocenters. The number of carbonyl (C=O) groups is 1. The molecular weight excluding hydrogens is 588 g/mol. The van der Waals surface area contributed by atoms with Crippen LogP contribution in [0.15, 0.2) is 71.6 Å². The van der Waals surface area contributed by atoms with Crippen LogP contribution >= 0.6 is 0 Å². The first kappa shape index (κ1) is 31.9. The van der Waals surface area contributed by atoms with Gasteiger partial charge in [-0.3, -0.25) is 4.79 Å². The van der Waals surface area contributed by atoms with Crippen molar-refractivity contribution in [1.29, 1.82) is 0 Å². The summed E-state index contributed by atoms with van der Waals surface area (Å²) in [7, 11) is -0.330. The minimum atomic E-state index is -4.15. The van der Waals surface area contributed by atoms with Gasteiger partial charge in [0, 0.05) is 31.3 Å². The smallest absolute Gasteiger partial charge is 0.264 e. The van der Waals surface area contributed by atoms with Crippen LogP contribution in [-0.4, -0.2) is 60.9 Å². The number of rotatable bonds is 5. The number of pyridine rings is 1. The molecule has 0 unspecified atom stereocenters. The Morgan fingerprint density at radius 1 is 0.956 bits per heavy atom. The molecule has 4 aromatic rings. The van der Waals surface area contributed by atoms with E-state index in [1.165, 1.54) is 12.1 Å². The van der Waals surface area contributed by atoms with E-state index in [4.69, 9.17) is 9.72 Å². The number of ether oxygens (including phenoxy) is 1. The lowest BCUT2D eigenvalue weighted by molar-refractivity contribution is 0.0509. The third-order valence-electron chi connectivity index (χ3n) is 7.61. The van der Waals surface area contributed by atoms with E-state index in [0.717, 1.165) is 22.5 Å². The molecule has 5 rings (SSSR count). The molecular formula is C34H40N6O4S. The molecule has 11 heteroatoms. The molecule has 0 aliphatic carbocycles. The van der Waals surface area contributed by atoms with Crippen molar-refractivity contribution in [2.45, 2.75) is 58.5 Å². The Morgan fingerprint density at radius 2 is 1.64 bits per heavy atom. The molecule has 0 saturated heterocycles. The van der Waals surface area contributed by atoms with E-state index in [0.29, 0.717) is 17.8 Å². The number of benzene rings is 2. The lowest BCUT2D eigenvalue weighted by atomic mass is 9.87. The molecule has 236 valence electrons. The fourth-order valence-electron chi connectivity index (χ4n) is 5.53. The van der Waals surface area contributed by atoms with Crippen molar-refractivity contribution in [2.24, 2.45) is 5.41 Å². The summed E-state index contributed by atoms with van der Waals surface area (Å²) in [5, 5.41) is 0. The van der Waals surface area contributed by atoms with Crippen LogP contribution in [0.3, 0.4) is 0 Å². The SMILES string of the molecule is Cc1cccc(C)c1-c1cc2nc(n1)NS(=O)(=O)c1cccc(c1)C(=O)N(Cc1cccc(N(C)C)n1)[C@H](CC(C)(C)C)CO2. The number of aryl methyl sites for hydroxylation is 2. The fraction of sp³-hybridized carbons (Fsp3) is 0.353. The van der Waals surface area contributed by atoms with Crippen LogP contribution < -0.4 is 14.4 Å². The van der Waals surface area contributed by atoms with E-state index in [1.807, 2.05) is 69.2 Å². The summed E-state index contributed by atoms with van der Waals surface area (Å²) in [6, 6.07) is 19.0. The minimum absolute atomic E-state index is 0.0730. The lowest BCUT2D eigenvalue weighted by Gasteiger charge is -2.35. The Morgan fingerprint density at radius 3 is 2.33 bits per heavy atom. The van der Waals surface area contributed by atoms with Crippen molar-refractivity contribution < 1.29 is 17.9 Å². The third kappa shape index (κ3) is 7.42. The summed E-state index contributed by atoms with van der Waals surface area (Å²) in [5.74, 6) is 0.525. The van der Waals surface area contributed by atoms with Gasteiger partial charge in [0.2, 0.25) is 11.8 Å². The van der Waals surface area contributed by atoms with Crippen molar-refractivity contribution >= 4 is 27.7 Å². The number of nitrogens with one attached hydrogen (secondary N) is 1. The number of hydrogen-bond acceptors (Lipinski definition) is 8. The molecule has 2 aromatic carbocycles. The van der Waals surface area contributed by atoms with Crippen molar-refractivity contribution in [1.82, 2.24) is 19.9 Å². The molecule has 0 spiro atoms. The lowest BCUT2D eigenvalue weighted by Crippen LogP contribution is -2.45. The van der Waals surface area contributed by atoms with Gasteiger partial charge in [-0.25, -0.2) is 23.1 Å². The summed E-state index contributed by atoms with van der Waals surface area (Å²) in [6.07, 6.45) is 0.601. The summed E-state index contributed by atoms with van der Waals surface area (Å²) in [6.45, 7) is 10.6. The van der Waals surface area contributed by atoms with Gasteiger partial charge in [-0.05, 0) is 67.1 Å². The van der Waals surface area contributed by atoms with Crippen molar-refractivity contribution in [3.8, 4) is 17.1 Å². The Bertz CT molecular complexity index is 1810. The number of anilines is 2. The summed E-state index contributed by atoms with van der Waals surface area (Å²) in [4.78, 5) is 31.7. The van der Waals surface area contributed by atoms with Gasteiger partial charge in [-0.1, -0.05) is 51.1 Å². The van der Waals surface area contributed by atoms with Crippen molar-refractivity contribution in [3.63, 3.8) is 0 Å². The summed E-state index contributed by atoms with van der Waals surface area (Å²) in [5.41, 5.74) is 4.12. The summed E-state index contributed by atoms with van der Waals surface area (Å²) >= 11 is 0. The van der Waals surface area contributed by atoms with Crippen LogP contribution in [0.2, 0.25) is 0 Å². The molecule has 1 aliphatic rings. The number of sulfonamides is 1. The average molecular weight is 629 g/mol. The molecule has 45 heavy (non-hydrogen) atoms. The quantitative estimate of drug-likeness (QED) is 0.292. The van der Waals surface area contributed by atoms with Crippen LogP contribution in [0.4, 0.5) is 11.8 Å². The second kappa shape index (κ2) is 12.5. The van der Waals surface area contributed by atoms with Gasteiger partial charge in [-0.2, -0.15) is 4.98 Å². The maximum Gasteiger partial charge on any atom is 0.264 e. The van der Waals surface area contributed by atoms with Gasteiger partial charge in [0.05, 0.1) is 28.9 Å². The van der Waals surface area contributed by atoms with Crippen LogP contribution in [0.5, 0.6) is 5.88 Å². The standard InChI is InChI=1S/C34H40N6O4S/c1-22-11-8-12-23(2)31(22)28-18-30-37-33(36-28)38-45(42,43)27-15-9-13-24(17-27)32(41)40(26(21-44-30)19-34(3,4)5)20-25-14-10-16-29(35-25)39(6)7/h8-18,26H,19-21H2,1-7H3,(H,36,37,38)/t26-/m1/s1. The zero-order valence-electron chi connectivity index (χ0n) is 26.8. The van der Waals surface area contributed by atoms with E-state index >= 15 is 0 Å². The highest BCUT2D eigenvalue weighted by atomic mass is 32.2. The van der Waals surface area contributed by atoms with Gasteiger partial charge in [-0.15, -0.1) is 0 Å². The average Bonchev–Trinajstić information content (AvgIpc) is 2.97. The number of carbonyl (C=O) groups excluding carboxylic acids is 1. The molecule has 0 saturated carbocycles. The normalized spacial score (nSPS) is 16.5. The minimum Gasteiger partial charge on any atom is -0.475 e. The second-order valence-electron chi connectivity index (χ2n) is 12.9. The van der Waals surface area contributed by atoms with Gasteiger partial charge < -0.3 is 14.5 Å². The molecule has 2 aromatic heterocycles. The Hall–Kier alpha value is -4.51. The van der Waals surface area contributed by atoms with E-state index in [1.54, 1.807) is 23.1 Å². The number of hydrogen-bond donors (Lipinski definition) is 1. The molecule has 0 fully saturated rings. The third-order valence-corrected chi connectivity index (χ3v) is 8.94.